The third-order valence-electron chi connectivity index (χ3n) is 7.56. The van der Waals surface area contributed by atoms with Gasteiger partial charge in [-0.3, -0.25) is 14.4 Å². The predicted octanol–water partition coefficient (Wildman–Crippen LogP) is 8.06. The van der Waals surface area contributed by atoms with Crippen LogP contribution in [0.15, 0.2) is 114 Å². The van der Waals surface area contributed by atoms with Gasteiger partial charge in [0.15, 0.2) is 12.4 Å². The van der Waals surface area contributed by atoms with E-state index in [2.05, 4.69) is 11.1 Å². The Balaban J connectivity index is 1.09. The molecule has 2 amide bonds. The summed E-state index contributed by atoms with van der Waals surface area (Å²) in [6.45, 7) is -0.446. The van der Waals surface area contributed by atoms with Crippen molar-refractivity contribution in [3.63, 3.8) is 0 Å². The second-order valence-electron chi connectivity index (χ2n) is 10.7. The number of pyridine rings is 1. The number of carbonyl (C=O) groups is 4. The van der Waals surface area contributed by atoms with Gasteiger partial charge in [-0.2, -0.15) is 5.26 Å². The van der Waals surface area contributed by atoms with E-state index in [0.717, 1.165) is 27.8 Å². The summed E-state index contributed by atoms with van der Waals surface area (Å²) in [5, 5.41) is 9.88. The third kappa shape index (κ3) is 7.02. The monoisotopic (exact) mass is 691 g/mol. The summed E-state index contributed by atoms with van der Waals surface area (Å²) < 4.78 is 5.24. The van der Waals surface area contributed by atoms with E-state index in [-0.39, 0.29) is 29.0 Å². The lowest BCUT2D eigenvalue weighted by Crippen LogP contribution is -2.31. The molecule has 1 aromatic heterocycles. The van der Waals surface area contributed by atoms with Gasteiger partial charge < -0.3 is 4.74 Å². The summed E-state index contributed by atoms with van der Waals surface area (Å²) in [4.78, 5) is 57.4. The molecule has 1 unspecified atom stereocenters. The van der Waals surface area contributed by atoms with Gasteiger partial charge in [-0.1, -0.05) is 95.6 Å². The Morgan fingerprint density at radius 2 is 1.50 bits per heavy atom. The normalized spacial score (nSPS) is 14.1. The van der Waals surface area contributed by atoms with Gasteiger partial charge in [-0.15, -0.1) is 0 Å². The van der Waals surface area contributed by atoms with Gasteiger partial charge in [0.05, 0.1) is 37.8 Å². The fourth-order valence-corrected chi connectivity index (χ4v) is 6.45. The maximum atomic E-state index is 13.4. The van der Waals surface area contributed by atoms with Gasteiger partial charge in [-0.05, 0) is 59.7 Å². The first-order chi connectivity index (χ1) is 23.2. The highest BCUT2D eigenvalue weighted by Gasteiger charge is 2.41. The summed E-state index contributed by atoms with van der Waals surface area (Å²) in [6.07, 6.45) is -0.106. The molecule has 0 saturated carbocycles. The van der Waals surface area contributed by atoms with Gasteiger partial charge in [0, 0.05) is 17.5 Å². The van der Waals surface area contributed by atoms with Crippen LogP contribution in [0.25, 0.3) is 22.4 Å². The van der Waals surface area contributed by atoms with Crippen molar-refractivity contribution in [2.45, 2.75) is 16.7 Å². The Morgan fingerprint density at radius 1 is 0.833 bits per heavy atom. The number of ketones is 1. The van der Waals surface area contributed by atoms with E-state index < -0.39 is 29.6 Å². The molecule has 236 valence electrons. The van der Waals surface area contributed by atoms with E-state index in [1.165, 1.54) is 24.3 Å². The number of imide groups is 1. The van der Waals surface area contributed by atoms with Crippen molar-refractivity contribution in [2.75, 3.05) is 11.5 Å². The molecule has 0 aliphatic carbocycles. The number of hydrogen-bond acceptors (Lipinski definition) is 8. The number of ether oxygens (including phenoxy) is 1. The maximum Gasteiger partial charge on any atom is 0.338 e. The Kier molecular flexibility index (Phi) is 9.69. The van der Waals surface area contributed by atoms with E-state index in [9.17, 15) is 24.4 Å². The minimum absolute atomic E-state index is 0.106. The van der Waals surface area contributed by atoms with Gasteiger partial charge >= 0.3 is 5.97 Å². The van der Waals surface area contributed by atoms with Crippen molar-refractivity contribution in [1.82, 2.24) is 4.98 Å². The number of benzene rings is 4. The topological polar surface area (TPSA) is 117 Å². The highest BCUT2D eigenvalue weighted by Crippen LogP contribution is 2.36. The lowest BCUT2D eigenvalue weighted by Gasteiger charge is -2.15. The second-order valence-corrected chi connectivity index (χ2v) is 12.7. The zero-order valence-corrected chi connectivity index (χ0v) is 27.3. The fraction of sp³-hybridized carbons (Fsp3) is 0.0811. The number of halogens is 2. The number of carbonyl (C=O) groups excluding carboxylic acids is 4. The first kappa shape index (κ1) is 32.7. The molecule has 48 heavy (non-hydrogen) atoms. The summed E-state index contributed by atoms with van der Waals surface area (Å²) in [5.41, 5.74) is 4.27. The average Bonchev–Trinajstić information content (AvgIpc) is 3.40. The highest BCUT2D eigenvalue weighted by molar-refractivity contribution is 8.00. The third-order valence-corrected chi connectivity index (χ3v) is 9.49. The largest absolute Gasteiger partial charge is 0.454 e. The molecule has 1 fully saturated rings. The SMILES string of the molecule is N#Cc1ccc(-c2ccc(Cl)c(Cl)c2)nc1SC1CC(=O)N(c2ccc(C(=O)OCC(=O)c3ccc(-c4ccccc4)cc3)cc2)C1=O. The number of aromatic nitrogens is 1. The molecule has 0 N–H and O–H groups in total. The number of hydrogen-bond donors (Lipinski definition) is 0. The van der Waals surface area contributed by atoms with E-state index in [1.54, 1.807) is 42.5 Å². The van der Waals surface area contributed by atoms with Crippen LogP contribution >= 0.6 is 35.0 Å². The van der Waals surface area contributed by atoms with Gasteiger partial charge in [0.2, 0.25) is 11.8 Å². The minimum Gasteiger partial charge on any atom is -0.454 e. The van der Waals surface area contributed by atoms with Crippen molar-refractivity contribution in [3.8, 4) is 28.5 Å². The number of anilines is 1. The first-order valence-corrected chi connectivity index (χ1v) is 16.2. The molecular formula is C37H23Cl2N3O5S. The molecule has 1 saturated heterocycles. The number of Topliss-reactive ketones (excluding diaryl/α,β-unsaturated/α-hetero) is 1. The van der Waals surface area contributed by atoms with Crippen LogP contribution in [0.3, 0.4) is 0 Å². The minimum atomic E-state index is -0.821. The van der Waals surface area contributed by atoms with Crippen LogP contribution in [0.1, 0.15) is 32.7 Å². The van der Waals surface area contributed by atoms with Crippen molar-refractivity contribution >= 4 is 64.2 Å². The smallest absolute Gasteiger partial charge is 0.338 e. The summed E-state index contributed by atoms with van der Waals surface area (Å²) >= 11 is 13.2. The van der Waals surface area contributed by atoms with Gasteiger partial charge in [-0.25, -0.2) is 14.7 Å². The average molecular weight is 693 g/mol. The molecule has 2 heterocycles. The fourth-order valence-electron chi connectivity index (χ4n) is 5.06. The van der Waals surface area contributed by atoms with Crippen molar-refractivity contribution in [1.29, 1.82) is 5.26 Å². The molecule has 4 aromatic carbocycles. The van der Waals surface area contributed by atoms with E-state index in [0.29, 0.717) is 31.9 Å². The molecular weight excluding hydrogens is 669 g/mol. The maximum absolute atomic E-state index is 13.4. The first-order valence-electron chi connectivity index (χ1n) is 14.6. The summed E-state index contributed by atoms with van der Waals surface area (Å²) in [7, 11) is 0. The summed E-state index contributed by atoms with van der Waals surface area (Å²) in [5.74, 6) is -1.99. The van der Waals surface area contributed by atoms with E-state index in [4.69, 9.17) is 27.9 Å². The molecule has 1 atom stereocenters. The van der Waals surface area contributed by atoms with Gasteiger partial charge in [0.1, 0.15) is 11.1 Å². The van der Waals surface area contributed by atoms with Crippen LogP contribution in [0, 0.1) is 11.3 Å². The molecule has 0 bridgehead atoms. The lowest BCUT2D eigenvalue weighted by molar-refractivity contribution is -0.121. The van der Waals surface area contributed by atoms with E-state index in [1.807, 2.05) is 42.5 Å². The van der Waals surface area contributed by atoms with Crippen molar-refractivity contribution in [3.05, 3.63) is 136 Å². The Hall–Kier alpha value is -5.27. The molecule has 0 spiro atoms. The van der Waals surface area contributed by atoms with Crippen LogP contribution in [-0.4, -0.2) is 40.4 Å². The van der Waals surface area contributed by atoms with Crippen LogP contribution in [0.5, 0.6) is 0 Å². The van der Waals surface area contributed by atoms with Crippen LogP contribution in [0.2, 0.25) is 10.0 Å². The number of esters is 1. The molecule has 1 aliphatic heterocycles. The molecule has 8 nitrogen and oxygen atoms in total. The van der Waals surface area contributed by atoms with Gasteiger partial charge in [0.25, 0.3) is 0 Å². The Labute approximate surface area is 289 Å². The molecule has 5 aromatic rings. The number of nitrogens with zero attached hydrogens (tertiary/aromatic N) is 3. The Morgan fingerprint density at radius 3 is 2.19 bits per heavy atom. The van der Waals surface area contributed by atoms with Crippen molar-refractivity contribution in [2.24, 2.45) is 0 Å². The number of rotatable bonds is 9. The molecule has 11 heteroatoms. The molecule has 6 rings (SSSR count). The standard InChI is InChI=1S/C37H23Cl2N3O5S/c38-29-16-12-26(18-30(29)39)31-17-13-27(20-40)35(41-31)48-33-19-34(44)42(36(33)45)28-14-10-25(11-15-28)37(46)47-21-32(43)24-8-6-23(7-9-24)22-4-2-1-3-5-22/h1-18,33H,19,21H2. The van der Waals surface area contributed by atoms with Crippen LogP contribution in [0.4, 0.5) is 5.69 Å². The second kappa shape index (κ2) is 14.2. The summed E-state index contributed by atoms with van der Waals surface area (Å²) in [6, 6.07) is 32.9. The van der Waals surface area contributed by atoms with E-state index >= 15 is 0 Å². The Bertz CT molecular complexity index is 2100. The van der Waals surface area contributed by atoms with Crippen molar-refractivity contribution < 1.29 is 23.9 Å². The molecule has 1 aliphatic rings. The highest BCUT2D eigenvalue weighted by atomic mass is 35.5. The number of nitriles is 1. The predicted molar refractivity (Wildman–Crippen MR) is 184 cm³/mol. The quantitative estimate of drug-likeness (QED) is 0.0866. The zero-order valence-electron chi connectivity index (χ0n) is 24.9. The molecule has 0 radical (unpaired) electrons. The lowest BCUT2D eigenvalue weighted by atomic mass is 10.0. The van der Waals surface area contributed by atoms with Crippen LogP contribution < -0.4 is 4.90 Å². The van der Waals surface area contributed by atoms with Crippen LogP contribution in [-0.2, 0) is 14.3 Å². The number of thioether (sulfide) groups is 1. The number of amides is 2. The zero-order chi connectivity index (χ0) is 33.8.